The molecule has 0 aromatic heterocycles. The summed E-state index contributed by atoms with van der Waals surface area (Å²) in [5.41, 5.74) is 0.419. The summed E-state index contributed by atoms with van der Waals surface area (Å²) < 4.78 is 26.2. The average Bonchev–Trinajstić information content (AvgIpc) is 2.99. The van der Waals surface area contributed by atoms with E-state index in [1.807, 2.05) is 0 Å². The molecule has 0 heterocycles. The zero-order chi connectivity index (χ0) is 11.5. The van der Waals surface area contributed by atoms with Crippen LogP contribution in [0.2, 0.25) is 0 Å². The van der Waals surface area contributed by atoms with Crippen LogP contribution in [0, 0.1) is 17.6 Å². The van der Waals surface area contributed by atoms with Gasteiger partial charge in [-0.05, 0) is 37.0 Å². The number of benzene rings is 1. The van der Waals surface area contributed by atoms with Gasteiger partial charge in [0.1, 0.15) is 11.6 Å². The third-order valence-electron chi connectivity index (χ3n) is 3.14. The summed E-state index contributed by atoms with van der Waals surface area (Å²) in [4.78, 5) is 0. The van der Waals surface area contributed by atoms with Crippen LogP contribution in [0.25, 0.3) is 0 Å². The molecule has 2 rings (SSSR count). The Morgan fingerprint density at radius 2 is 2.12 bits per heavy atom. The van der Waals surface area contributed by atoms with Crippen LogP contribution < -0.4 is 5.32 Å². The van der Waals surface area contributed by atoms with Crippen molar-refractivity contribution in [2.24, 2.45) is 5.92 Å². The molecule has 1 N–H and O–H groups in total. The van der Waals surface area contributed by atoms with Gasteiger partial charge in [-0.2, -0.15) is 0 Å². The molecule has 1 nitrogen and oxygen atoms in total. The molecule has 0 aliphatic heterocycles. The lowest BCUT2D eigenvalue weighted by atomic mass is 10.2. The fourth-order valence-electron chi connectivity index (χ4n) is 2.11. The minimum atomic E-state index is -0.376. The minimum absolute atomic E-state index is 0. The molecule has 1 aromatic carbocycles. The molecule has 96 valence electrons. The normalized spacial score (nSPS) is 22.1. The van der Waals surface area contributed by atoms with Crippen LogP contribution in [-0.2, 0) is 6.54 Å². The van der Waals surface area contributed by atoms with Gasteiger partial charge in [-0.15, -0.1) is 12.4 Å². The monoisotopic (exact) mass is 261 g/mol. The molecule has 0 radical (unpaired) electrons. The number of halogens is 3. The number of nitrogens with one attached hydrogen (secondary N) is 1. The van der Waals surface area contributed by atoms with E-state index >= 15 is 0 Å². The molecule has 4 heteroatoms. The van der Waals surface area contributed by atoms with Crippen molar-refractivity contribution in [2.75, 3.05) is 0 Å². The Balaban J connectivity index is 0.00000144. The van der Waals surface area contributed by atoms with Crippen molar-refractivity contribution in [3.63, 3.8) is 0 Å². The predicted octanol–water partition coefficient (Wildman–Crippen LogP) is 3.66. The number of rotatable bonds is 5. The van der Waals surface area contributed by atoms with Gasteiger partial charge in [0.2, 0.25) is 0 Å². The standard InChI is InChI=1S/C13H17F2N.ClH/c1-2-3-9-7-13(9)16-8-10-6-11(14)4-5-12(10)15;/h4-6,9,13,16H,2-3,7-8H2,1H3;1H. The molecule has 17 heavy (non-hydrogen) atoms. The molecular formula is C13H18ClF2N. The maximum atomic E-state index is 13.3. The summed E-state index contributed by atoms with van der Waals surface area (Å²) in [5.74, 6) is 0.0299. The van der Waals surface area contributed by atoms with Crippen LogP contribution in [-0.4, -0.2) is 6.04 Å². The van der Waals surface area contributed by atoms with Crippen molar-refractivity contribution >= 4 is 12.4 Å². The molecule has 1 aromatic rings. The molecule has 1 saturated carbocycles. The second kappa shape index (κ2) is 6.31. The molecule has 2 atom stereocenters. The third-order valence-corrected chi connectivity index (χ3v) is 3.14. The second-order valence-corrected chi connectivity index (χ2v) is 4.51. The van der Waals surface area contributed by atoms with Gasteiger partial charge in [-0.25, -0.2) is 8.78 Å². The fourth-order valence-corrected chi connectivity index (χ4v) is 2.11. The molecule has 1 aliphatic carbocycles. The van der Waals surface area contributed by atoms with Crippen molar-refractivity contribution in [3.8, 4) is 0 Å². The van der Waals surface area contributed by atoms with Gasteiger partial charge in [0, 0.05) is 18.2 Å². The van der Waals surface area contributed by atoms with E-state index in [0.717, 1.165) is 12.0 Å². The average molecular weight is 262 g/mol. The topological polar surface area (TPSA) is 12.0 Å². The van der Waals surface area contributed by atoms with Crippen LogP contribution in [0.5, 0.6) is 0 Å². The van der Waals surface area contributed by atoms with Crippen molar-refractivity contribution in [2.45, 2.75) is 38.8 Å². The van der Waals surface area contributed by atoms with E-state index in [-0.39, 0.29) is 24.0 Å². The maximum absolute atomic E-state index is 13.3. The zero-order valence-electron chi connectivity index (χ0n) is 9.88. The summed E-state index contributed by atoms with van der Waals surface area (Å²) >= 11 is 0. The Kier molecular flexibility index (Phi) is 5.34. The quantitative estimate of drug-likeness (QED) is 0.853. The summed E-state index contributed by atoms with van der Waals surface area (Å²) in [5, 5.41) is 3.27. The van der Waals surface area contributed by atoms with Crippen LogP contribution >= 0.6 is 12.4 Å². The Morgan fingerprint density at radius 3 is 2.82 bits per heavy atom. The van der Waals surface area contributed by atoms with E-state index in [9.17, 15) is 8.78 Å². The minimum Gasteiger partial charge on any atom is -0.310 e. The Bertz CT molecular complexity index is 370. The lowest BCUT2D eigenvalue weighted by Gasteiger charge is -2.05. The van der Waals surface area contributed by atoms with Gasteiger partial charge in [0.15, 0.2) is 0 Å². The van der Waals surface area contributed by atoms with Gasteiger partial charge in [0.05, 0.1) is 0 Å². The molecule has 0 saturated heterocycles. The number of hydrogen-bond donors (Lipinski definition) is 1. The molecule has 1 aliphatic rings. The van der Waals surface area contributed by atoms with Crippen LogP contribution in [0.1, 0.15) is 31.7 Å². The molecular weight excluding hydrogens is 244 g/mol. The Morgan fingerprint density at radius 1 is 1.35 bits per heavy atom. The first-order valence-electron chi connectivity index (χ1n) is 5.88. The molecule has 2 unspecified atom stereocenters. The third kappa shape index (κ3) is 3.93. The van der Waals surface area contributed by atoms with Gasteiger partial charge >= 0.3 is 0 Å². The van der Waals surface area contributed by atoms with E-state index in [0.29, 0.717) is 18.2 Å². The Hall–Kier alpha value is -0.670. The van der Waals surface area contributed by atoms with E-state index in [1.165, 1.54) is 31.4 Å². The van der Waals surface area contributed by atoms with Crippen LogP contribution in [0.4, 0.5) is 8.78 Å². The highest BCUT2D eigenvalue weighted by molar-refractivity contribution is 5.85. The van der Waals surface area contributed by atoms with Crippen LogP contribution in [0.3, 0.4) is 0 Å². The predicted molar refractivity (Wildman–Crippen MR) is 67.2 cm³/mol. The summed E-state index contributed by atoms with van der Waals surface area (Å²) in [6.45, 7) is 2.59. The molecule has 0 bridgehead atoms. The Labute approximate surface area is 107 Å². The molecule has 1 fully saturated rings. The van der Waals surface area contributed by atoms with E-state index in [4.69, 9.17) is 0 Å². The first-order chi connectivity index (χ1) is 7.70. The highest BCUT2D eigenvalue weighted by atomic mass is 35.5. The summed E-state index contributed by atoms with van der Waals surface area (Å²) in [6, 6.07) is 4.10. The van der Waals surface area contributed by atoms with Crippen molar-refractivity contribution < 1.29 is 8.78 Å². The van der Waals surface area contributed by atoms with Crippen LogP contribution in [0.15, 0.2) is 18.2 Å². The summed E-state index contributed by atoms with van der Waals surface area (Å²) in [7, 11) is 0. The summed E-state index contributed by atoms with van der Waals surface area (Å²) in [6.07, 6.45) is 3.59. The highest BCUT2D eigenvalue weighted by Crippen LogP contribution is 2.34. The second-order valence-electron chi connectivity index (χ2n) is 4.51. The number of hydrogen-bond acceptors (Lipinski definition) is 1. The van der Waals surface area contributed by atoms with E-state index in [2.05, 4.69) is 12.2 Å². The first-order valence-corrected chi connectivity index (χ1v) is 5.88. The highest BCUT2D eigenvalue weighted by Gasteiger charge is 2.35. The smallest absolute Gasteiger partial charge is 0.127 e. The van der Waals surface area contributed by atoms with E-state index < -0.39 is 0 Å². The first kappa shape index (κ1) is 14.4. The maximum Gasteiger partial charge on any atom is 0.127 e. The molecule has 0 amide bonds. The van der Waals surface area contributed by atoms with Crippen molar-refractivity contribution in [1.82, 2.24) is 5.32 Å². The van der Waals surface area contributed by atoms with Crippen molar-refractivity contribution in [1.29, 1.82) is 0 Å². The van der Waals surface area contributed by atoms with Gasteiger partial charge in [0.25, 0.3) is 0 Å². The van der Waals surface area contributed by atoms with Crippen molar-refractivity contribution in [3.05, 3.63) is 35.4 Å². The van der Waals surface area contributed by atoms with Gasteiger partial charge in [-0.3, -0.25) is 0 Å². The lowest BCUT2D eigenvalue weighted by molar-refractivity contribution is 0.553. The largest absolute Gasteiger partial charge is 0.310 e. The zero-order valence-corrected chi connectivity index (χ0v) is 10.7. The molecule has 0 spiro atoms. The SMILES string of the molecule is CCCC1CC1NCc1cc(F)ccc1F.Cl. The van der Waals surface area contributed by atoms with Gasteiger partial charge < -0.3 is 5.32 Å². The lowest BCUT2D eigenvalue weighted by Crippen LogP contribution is -2.18. The van der Waals surface area contributed by atoms with E-state index in [1.54, 1.807) is 0 Å². The fraction of sp³-hybridized carbons (Fsp3) is 0.538. The van der Waals surface area contributed by atoms with Gasteiger partial charge in [-0.1, -0.05) is 13.3 Å².